The van der Waals surface area contributed by atoms with Gasteiger partial charge in [-0.15, -0.1) is 18.3 Å². The minimum atomic E-state index is -1.51. The normalized spacial score (nSPS) is 30.0. The molecule has 2 aliphatic heterocycles. The highest BCUT2D eigenvalue weighted by molar-refractivity contribution is 8.14. The van der Waals surface area contributed by atoms with Gasteiger partial charge in [-0.3, -0.25) is 14.6 Å². The molecule has 9 atom stereocenters. The highest BCUT2D eigenvalue weighted by Crippen LogP contribution is 2.52. The Kier molecular flexibility index (Phi) is 10.5. The number of amides is 3. The zero-order chi connectivity index (χ0) is 39.6. The molecule has 15 heteroatoms. The van der Waals surface area contributed by atoms with Crippen molar-refractivity contribution in [2.75, 3.05) is 19.4 Å². The Bertz CT molecular complexity index is 1940. The number of methoxy groups -OCH3 is 1. The lowest BCUT2D eigenvalue weighted by Gasteiger charge is -2.35. The predicted molar refractivity (Wildman–Crippen MR) is 210 cm³/mol. The number of rotatable bonds is 12. The molecule has 13 nitrogen and oxygen atoms in total. The Morgan fingerprint density at radius 2 is 1.84 bits per heavy atom. The number of pyridine rings is 1. The maximum Gasteiger partial charge on any atom is 0.408 e. The summed E-state index contributed by atoms with van der Waals surface area (Å²) in [6, 6.07) is 3.28. The summed E-state index contributed by atoms with van der Waals surface area (Å²) >= 11 is 8.43. The first kappa shape index (κ1) is 39.2. The van der Waals surface area contributed by atoms with Gasteiger partial charge in [0.15, 0.2) is 0 Å². The average Bonchev–Trinajstić information content (AvgIpc) is 3.77. The summed E-state index contributed by atoms with van der Waals surface area (Å²) in [5.41, 5.74) is -1.26. The summed E-state index contributed by atoms with van der Waals surface area (Å²) in [5, 5.41) is 17.3. The molecule has 3 amide bonds. The van der Waals surface area contributed by atoms with Crippen LogP contribution in [-0.4, -0.2) is 99.2 Å². The van der Waals surface area contributed by atoms with Crippen LogP contribution in [0.4, 0.5) is 4.79 Å². The molecule has 1 aromatic heterocycles. The lowest BCUT2D eigenvalue weighted by molar-refractivity contribution is -0.146. The zero-order valence-electron chi connectivity index (χ0n) is 32.1. The maximum atomic E-state index is 14.6. The number of benzene rings is 1. The molecule has 3 N–H and O–H groups in total. The number of likely N-dealkylation sites (tertiary alicyclic amines) is 1. The molecular formula is C40H50ClN5O8S. The number of aliphatic imine (C=N–C) groups is 1. The number of aliphatic carboxylic acids is 1. The van der Waals surface area contributed by atoms with E-state index in [1.54, 1.807) is 30.0 Å². The van der Waals surface area contributed by atoms with Crippen molar-refractivity contribution in [3.05, 3.63) is 41.6 Å². The van der Waals surface area contributed by atoms with Gasteiger partial charge in [0.25, 0.3) is 0 Å². The van der Waals surface area contributed by atoms with Crippen LogP contribution in [0.5, 0.6) is 11.5 Å². The number of alkyl carbamates (subject to hydrolysis) is 1. The minimum Gasteiger partial charge on any atom is -0.495 e. The molecule has 3 saturated carbocycles. The molecular weight excluding hydrogens is 746 g/mol. The molecule has 0 spiro atoms. The van der Waals surface area contributed by atoms with Gasteiger partial charge in [0, 0.05) is 29.5 Å². The lowest BCUT2D eigenvalue weighted by Crippen LogP contribution is -2.59. The van der Waals surface area contributed by atoms with E-state index in [-0.39, 0.29) is 31.5 Å². The SMILES string of the molecule is C=C[C@@H]1C[C@]1(NC(=O)[C@@H]1C[C@@H](Oc2cc(C3=NC(C(C)C)CS3)nc3c(Cl)c(OC)ccc23)CN1C(=O)[C@@H](NC(=O)OC1C[C@@H]2C[C@@H]2C1)C(C)(C)C)C(=O)O. The van der Waals surface area contributed by atoms with Crippen molar-refractivity contribution in [3.63, 3.8) is 0 Å². The van der Waals surface area contributed by atoms with E-state index in [2.05, 4.69) is 31.1 Å². The summed E-state index contributed by atoms with van der Waals surface area (Å²) in [7, 11) is 1.53. The Morgan fingerprint density at radius 1 is 1.11 bits per heavy atom. The molecule has 1 aromatic carbocycles. The third-order valence-electron chi connectivity index (χ3n) is 11.7. The summed E-state index contributed by atoms with van der Waals surface area (Å²) in [6.45, 7) is 13.4. The van der Waals surface area contributed by atoms with Crippen molar-refractivity contribution in [1.82, 2.24) is 20.5 Å². The highest BCUT2D eigenvalue weighted by atomic mass is 35.5. The minimum absolute atomic E-state index is 0.0225. The van der Waals surface area contributed by atoms with Crippen LogP contribution in [0, 0.1) is 29.1 Å². The number of ether oxygens (including phenoxy) is 3. The summed E-state index contributed by atoms with van der Waals surface area (Å²) in [6.07, 6.45) is 2.99. The summed E-state index contributed by atoms with van der Waals surface area (Å²) in [5.74, 6) is 0.470. The number of hydrogen-bond donors (Lipinski definition) is 3. The molecule has 5 aliphatic rings. The fourth-order valence-corrected chi connectivity index (χ4v) is 9.73. The average molecular weight is 796 g/mol. The molecule has 2 aromatic rings. The van der Waals surface area contributed by atoms with Crippen LogP contribution in [0.1, 0.15) is 72.4 Å². The van der Waals surface area contributed by atoms with Crippen LogP contribution in [0.15, 0.2) is 35.8 Å². The van der Waals surface area contributed by atoms with Crippen molar-refractivity contribution in [2.45, 2.75) is 103 Å². The van der Waals surface area contributed by atoms with Gasteiger partial charge in [-0.05, 0) is 61.0 Å². The second-order valence-electron chi connectivity index (χ2n) is 17.0. The van der Waals surface area contributed by atoms with E-state index in [4.69, 9.17) is 35.8 Å². The van der Waals surface area contributed by atoms with Gasteiger partial charge in [0.2, 0.25) is 11.8 Å². The molecule has 2 unspecified atom stereocenters. The molecule has 7 rings (SSSR count). The number of nitrogens with zero attached hydrogens (tertiary/aromatic N) is 3. The van der Waals surface area contributed by atoms with Gasteiger partial charge < -0.3 is 34.9 Å². The first-order valence-corrected chi connectivity index (χ1v) is 20.4. The van der Waals surface area contributed by atoms with E-state index < -0.39 is 58.9 Å². The van der Waals surface area contributed by atoms with Crippen LogP contribution < -0.4 is 20.1 Å². The molecule has 4 fully saturated rings. The molecule has 55 heavy (non-hydrogen) atoms. The number of thioether (sulfide) groups is 1. The molecule has 0 bridgehead atoms. The number of carboxylic acids is 1. The van der Waals surface area contributed by atoms with Gasteiger partial charge in [0.1, 0.15) is 51.4 Å². The van der Waals surface area contributed by atoms with E-state index in [0.717, 1.165) is 23.6 Å². The van der Waals surface area contributed by atoms with Crippen LogP contribution in [0.25, 0.3) is 10.9 Å². The molecule has 3 aliphatic carbocycles. The molecule has 3 heterocycles. The van der Waals surface area contributed by atoms with Crippen LogP contribution >= 0.6 is 23.4 Å². The number of hydrogen-bond acceptors (Lipinski definition) is 10. The quantitative estimate of drug-likeness (QED) is 0.222. The number of fused-ring (bicyclic) bond motifs is 2. The second-order valence-corrected chi connectivity index (χ2v) is 18.4. The first-order valence-electron chi connectivity index (χ1n) is 19.0. The van der Waals surface area contributed by atoms with E-state index >= 15 is 0 Å². The fraction of sp³-hybridized carbons (Fsp3) is 0.600. The largest absolute Gasteiger partial charge is 0.495 e. The monoisotopic (exact) mass is 795 g/mol. The van der Waals surface area contributed by atoms with Gasteiger partial charge in [-0.25, -0.2) is 14.6 Å². The van der Waals surface area contributed by atoms with Crippen LogP contribution in [0.3, 0.4) is 0 Å². The van der Waals surface area contributed by atoms with Crippen molar-refractivity contribution < 1.29 is 38.5 Å². The van der Waals surface area contributed by atoms with E-state index in [1.807, 2.05) is 20.8 Å². The Hall–Kier alpha value is -4.04. The number of aromatic nitrogens is 1. The van der Waals surface area contributed by atoms with Gasteiger partial charge in [0.05, 0.1) is 30.9 Å². The summed E-state index contributed by atoms with van der Waals surface area (Å²) < 4.78 is 18.0. The highest BCUT2D eigenvalue weighted by Gasteiger charge is 2.61. The number of carbonyl (C=O) groups is 4. The van der Waals surface area contributed by atoms with Crippen molar-refractivity contribution >= 4 is 63.2 Å². The second kappa shape index (κ2) is 14.8. The topological polar surface area (TPSA) is 169 Å². The van der Waals surface area contributed by atoms with Crippen molar-refractivity contribution in [3.8, 4) is 11.5 Å². The zero-order valence-corrected chi connectivity index (χ0v) is 33.7. The van der Waals surface area contributed by atoms with Crippen molar-refractivity contribution in [1.29, 1.82) is 0 Å². The number of nitrogens with one attached hydrogen (secondary N) is 2. The first-order chi connectivity index (χ1) is 26.0. The van der Waals surface area contributed by atoms with Gasteiger partial charge >= 0.3 is 12.1 Å². The third kappa shape index (κ3) is 7.73. The number of carbonyl (C=O) groups excluding carboxylic acids is 3. The smallest absolute Gasteiger partial charge is 0.408 e. The van der Waals surface area contributed by atoms with E-state index in [1.165, 1.54) is 24.5 Å². The fourth-order valence-electron chi connectivity index (χ4n) is 8.19. The Morgan fingerprint density at radius 3 is 2.44 bits per heavy atom. The third-order valence-corrected chi connectivity index (χ3v) is 13.2. The Labute approximate surface area is 330 Å². The molecule has 296 valence electrons. The standard InChI is InChI=1S/C40H50ClN5O8S/c1-8-22-16-40(22,37(49)50)45-34(47)28-14-24(17-46(28)36(48)33(39(4,5)6)44-38(51)54-23-12-20-11-21(20)13-23)53-30-15-26(35-43-27(18-55-35)19(2)3)42-32-25(30)9-10-29(52-7)31(32)41/h8-10,15,19-24,27-28,33H,1,11-14,16-18H2,2-7H3,(H,44,51)(H,45,47)(H,49,50)/t20-,21+,22-,23?,24-,27?,28+,33-,40-/m1/s1. The van der Waals surface area contributed by atoms with E-state index in [0.29, 0.717) is 50.9 Å². The maximum absolute atomic E-state index is 14.6. The summed E-state index contributed by atoms with van der Waals surface area (Å²) in [4.78, 5) is 65.6. The number of halogens is 1. The van der Waals surface area contributed by atoms with Crippen LogP contribution in [0.2, 0.25) is 5.02 Å². The number of carboxylic acid groups (broad SMARTS) is 1. The van der Waals surface area contributed by atoms with Crippen molar-refractivity contribution in [2.24, 2.45) is 34.1 Å². The van der Waals surface area contributed by atoms with E-state index in [9.17, 15) is 24.3 Å². The van der Waals surface area contributed by atoms with Crippen LogP contribution in [-0.2, 0) is 19.1 Å². The van der Waals surface area contributed by atoms with Gasteiger partial charge in [-0.1, -0.05) is 52.3 Å². The molecule has 1 saturated heterocycles. The van der Waals surface area contributed by atoms with Gasteiger partial charge in [-0.2, -0.15) is 0 Å². The predicted octanol–water partition coefficient (Wildman–Crippen LogP) is 5.85. The lowest BCUT2D eigenvalue weighted by atomic mass is 9.85. The Balaban J connectivity index is 1.20. The molecule has 0 radical (unpaired) electrons.